The molecule has 0 saturated heterocycles. The predicted molar refractivity (Wildman–Crippen MR) is 84.7 cm³/mol. The average molecular weight is 351 g/mol. The van der Waals surface area contributed by atoms with Gasteiger partial charge in [-0.25, -0.2) is 0 Å². The van der Waals surface area contributed by atoms with Gasteiger partial charge in [0.05, 0.1) is 4.92 Å². The number of nitrogens with one attached hydrogen (secondary N) is 1. The second-order valence-corrected chi connectivity index (χ2v) is 5.27. The zero-order valence-corrected chi connectivity index (χ0v) is 13.1. The smallest absolute Gasteiger partial charge is 0.312 e. The number of hydrogen-bond acceptors (Lipinski definition) is 4. The Kier molecular flexibility index (Phi) is 5.30. The van der Waals surface area contributed by atoms with Crippen molar-refractivity contribution in [1.82, 2.24) is 5.32 Å². The standard InChI is InChI=1S/C15H15BrN2O3/c1-2-17-10-11-5-3-4-6-14(11)21-15-8-7-12(16)9-13(15)18(19)20/h3-9,17H,2,10H2,1H3. The van der Waals surface area contributed by atoms with E-state index in [1.807, 2.05) is 25.1 Å². The third-order valence-electron chi connectivity index (χ3n) is 2.88. The molecular weight excluding hydrogens is 336 g/mol. The van der Waals surface area contributed by atoms with E-state index in [0.29, 0.717) is 16.8 Å². The zero-order chi connectivity index (χ0) is 15.2. The minimum absolute atomic E-state index is 0.0670. The van der Waals surface area contributed by atoms with Crippen LogP contribution < -0.4 is 10.1 Å². The van der Waals surface area contributed by atoms with Gasteiger partial charge in [0.15, 0.2) is 0 Å². The summed E-state index contributed by atoms with van der Waals surface area (Å²) in [6.45, 7) is 3.51. The minimum atomic E-state index is -0.451. The number of nitro benzene ring substituents is 1. The lowest BCUT2D eigenvalue weighted by Gasteiger charge is -2.11. The number of nitro groups is 1. The summed E-state index contributed by atoms with van der Waals surface area (Å²) in [4.78, 5) is 10.7. The molecule has 1 N–H and O–H groups in total. The van der Waals surface area contributed by atoms with Crippen LogP contribution in [0.15, 0.2) is 46.9 Å². The SMILES string of the molecule is CCNCc1ccccc1Oc1ccc(Br)cc1[N+](=O)[O-]. The third-order valence-corrected chi connectivity index (χ3v) is 3.37. The monoisotopic (exact) mass is 350 g/mol. The Bertz CT molecular complexity index is 647. The van der Waals surface area contributed by atoms with E-state index in [0.717, 1.165) is 12.1 Å². The molecule has 6 heteroatoms. The molecule has 0 heterocycles. The van der Waals surface area contributed by atoms with Crippen molar-refractivity contribution in [3.8, 4) is 11.5 Å². The number of para-hydroxylation sites is 1. The van der Waals surface area contributed by atoms with Crippen LogP contribution >= 0.6 is 15.9 Å². The molecule has 0 saturated carbocycles. The Morgan fingerprint density at radius 2 is 2.00 bits per heavy atom. The van der Waals surface area contributed by atoms with E-state index >= 15 is 0 Å². The highest BCUT2D eigenvalue weighted by Gasteiger charge is 2.17. The molecule has 2 rings (SSSR count). The largest absolute Gasteiger partial charge is 0.450 e. The van der Waals surface area contributed by atoms with Crippen LogP contribution in [0.25, 0.3) is 0 Å². The highest BCUT2D eigenvalue weighted by Crippen LogP contribution is 2.34. The van der Waals surface area contributed by atoms with E-state index in [-0.39, 0.29) is 11.4 Å². The van der Waals surface area contributed by atoms with E-state index in [4.69, 9.17) is 4.74 Å². The predicted octanol–water partition coefficient (Wildman–Crippen LogP) is 4.26. The lowest BCUT2D eigenvalue weighted by molar-refractivity contribution is -0.385. The van der Waals surface area contributed by atoms with Gasteiger partial charge in [0, 0.05) is 22.6 Å². The molecule has 21 heavy (non-hydrogen) atoms. The van der Waals surface area contributed by atoms with Crippen molar-refractivity contribution in [1.29, 1.82) is 0 Å². The summed E-state index contributed by atoms with van der Waals surface area (Å²) in [6, 6.07) is 12.2. The summed E-state index contributed by atoms with van der Waals surface area (Å²) in [6.07, 6.45) is 0. The highest BCUT2D eigenvalue weighted by molar-refractivity contribution is 9.10. The first-order valence-electron chi connectivity index (χ1n) is 6.52. The Morgan fingerprint density at radius 3 is 2.71 bits per heavy atom. The lowest BCUT2D eigenvalue weighted by Crippen LogP contribution is -2.12. The van der Waals surface area contributed by atoms with Crippen LogP contribution in [0.5, 0.6) is 11.5 Å². The highest BCUT2D eigenvalue weighted by atomic mass is 79.9. The van der Waals surface area contributed by atoms with E-state index in [2.05, 4.69) is 21.2 Å². The number of benzene rings is 2. The lowest BCUT2D eigenvalue weighted by atomic mass is 10.2. The summed E-state index contributed by atoms with van der Waals surface area (Å²) in [7, 11) is 0. The van der Waals surface area contributed by atoms with Gasteiger partial charge in [-0.2, -0.15) is 0 Å². The fraction of sp³-hybridized carbons (Fsp3) is 0.200. The summed E-state index contributed by atoms with van der Waals surface area (Å²) < 4.78 is 6.39. The summed E-state index contributed by atoms with van der Waals surface area (Å²) in [5, 5.41) is 14.3. The van der Waals surface area contributed by atoms with Crippen molar-refractivity contribution in [2.75, 3.05) is 6.54 Å². The Balaban J connectivity index is 2.32. The van der Waals surface area contributed by atoms with Crippen molar-refractivity contribution in [2.24, 2.45) is 0 Å². The summed E-state index contributed by atoms with van der Waals surface area (Å²) in [5.41, 5.74) is 0.888. The van der Waals surface area contributed by atoms with Crippen molar-refractivity contribution in [2.45, 2.75) is 13.5 Å². The molecule has 0 fully saturated rings. The van der Waals surface area contributed by atoms with Crippen LogP contribution in [0.4, 0.5) is 5.69 Å². The Labute approximate surface area is 131 Å². The molecule has 0 spiro atoms. The molecule has 0 unspecified atom stereocenters. The minimum Gasteiger partial charge on any atom is -0.450 e. The van der Waals surface area contributed by atoms with Gasteiger partial charge in [-0.05, 0) is 24.7 Å². The molecule has 0 aromatic heterocycles. The maximum absolute atomic E-state index is 11.1. The molecule has 0 amide bonds. The second-order valence-electron chi connectivity index (χ2n) is 4.36. The number of nitrogens with zero attached hydrogens (tertiary/aromatic N) is 1. The van der Waals surface area contributed by atoms with Crippen molar-refractivity contribution in [3.05, 3.63) is 62.6 Å². The van der Waals surface area contributed by atoms with Gasteiger partial charge in [-0.3, -0.25) is 10.1 Å². The normalized spacial score (nSPS) is 10.4. The van der Waals surface area contributed by atoms with Crippen LogP contribution in [-0.4, -0.2) is 11.5 Å². The van der Waals surface area contributed by atoms with Crippen LogP contribution in [-0.2, 0) is 6.54 Å². The van der Waals surface area contributed by atoms with Gasteiger partial charge in [0.1, 0.15) is 5.75 Å². The second kappa shape index (κ2) is 7.19. The molecule has 0 radical (unpaired) electrons. The molecule has 110 valence electrons. The summed E-state index contributed by atoms with van der Waals surface area (Å²) in [5.74, 6) is 0.844. The molecule has 0 bridgehead atoms. The molecule has 0 atom stereocenters. The molecule has 0 aliphatic heterocycles. The maximum atomic E-state index is 11.1. The first-order chi connectivity index (χ1) is 10.1. The summed E-state index contributed by atoms with van der Waals surface area (Å²) >= 11 is 3.23. The van der Waals surface area contributed by atoms with Gasteiger partial charge in [-0.1, -0.05) is 41.1 Å². The molecule has 2 aromatic carbocycles. The van der Waals surface area contributed by atoms with Crippen LogP contribution in [0.3, 0.4) is 0 Å². The van der Waals surface area contributed by atoms with Gasteiger partial charge in [0.25, 0.3) is 0 Å². The fourth-order valence-electron chi connectivity index (χ4n) is 1.85. The molecule has 2 aromatic rings. The Morgan fingerprint density at radius 1 is 1.24 bits per heavy atom. The molecular formula is C15H15BrN2O3. The molecule has 0 aliphatic rings. The van der Waals surface area contributed by atoms with E-state index < -0.39 is 4.92 Å². The molecule has 5 nitrogen and oxygen atoms in total. The number of rotatable bonds is 6. The van der Waals surface area contributed by atoms with Gasteiger partial charge in [-0.15, -0.1) is 0 Å². The van der Waals surface area contributed by atoms with Gasteiger partial charge in [0.2, 0.25) is 5.75 Å². The van der Waals surface area contributed by atoms with Crippen LogP contribution in [0.2, 0.25) is 0 Å². The topological polar surface area (TPSA) is 64.4 Å². The fourth-order valence-corrected chi connectivity index (χ4v) is 2.20. The number of halogens is 1. The average Bonchev–Trinajstić information content (AvgIpc) is 2.48. The van der Waals surface area contributed by atoms with E-state index in [1.54, 1.807) is 18.2 Å². The van der Waals surface area contributed by atoms with Crippen molar-refractivity contribution < 1.29 is 9.66 Å². The van der Waals surface area contributed by atoms with E-state index in [9.17, 15) is 10.1 Å². The van der Waals surface area contributed by atoms with Crippen molar-refractivity contribution >= 4 is 21.6 Å². The number of hydrogen-bond donors (Lipinski definition) is 1. The Hall–Kier alpha value is -1.92. The van der Waals surface area contributed by atoms with E-state index in [1.165, 1.54) is 6.07 Å². The van der Waals surface area contributed by atoms with Crippen LogP contribution in [0.1, 0.15) is 12.5 Å². The third kappa shape index (κ3) is 4.03. The van der Waals surface area contributed by atoms with Crippen LogP contribution in [0, 0.1) is 10.1 Å². The van der Waals surface area contributed by atoms with Gasteiger partial charge >= 0.3 is 5.69 Å². The van der Waals surface area contributed by atoms with Crippen molar-refractivity contribution in [3.63, 3.8) is 0 Å². The first-order valence-corrected chi connectivity index (χ1v) is 7.31. The number of ether oxygens (including phenoxy) is 1. The maximum Gasteiger partial charge on any atom is 0.312 e. The molecule has 0 aliphatic carbocycles. The van der Waals surface area contributed by atoms with Gasteiger partial charge < -0.3 is 10.1 Å². The first kappa shape index (κ1) is 15.5. The zero-order valence-electron chi connectivity index (χ0n) is 11.5. The quantitative estimate of drug-likeness (QED) is 0.624.